The Morgan fingerprint density at radius 1 is 1.15 bits per heavy atom. The van der Waals surface area contributed by atoms with Gasteiger partial charge in [0.1, 0.15) is 0 Å². The summed E-state index contributed by atoms with van der Waals surface area (Å²) in [6.45, 7) is 2.39. The zero-order valence-corrected chi connectivity index (χ0v) is 12.7. The van der Waals surface area contributed by atoms with Crippen LogP contribution in [0.2, 0.25) is 0 Å². The van der Waals surface area contributed by atoms with Crippen molar-refractivity contribution in [2.45, 2.75) is 16.7 Å². The molecule has 1 atom stereocenters. The summed E-state index contributed by atoms with van der Waals surface area (Å²) in [5.74, 6) is -0.0136. The smallest absolute Gasteiger partial charge is 0.332 e. The van der Waals surface area contributed by atoms with Gasteiger partial charge < -0.3 is 4.74 Å². The van der Waals surface area contributed by atoms with Crippen LogP contribution in [0.1, 0.15) is 6.92 Å². The molecule has 0 aliphatic rings. The fourth-order valence-electron chi connectivity index (χ4n) is 1.46. The number of hydrogen-bond acceptors (Lipinski definition) is 5. The van der Waals surface area contributed by atoms with Crippen LogP contribution in [0, 0.1) is 5.92 Å². The maximum absolute atomic E-state index is 12.7. The first-order valence-electron chi connectivity index (χ1n) is 5.70. The van der Waals surface area contributed by atoms with Crippen molar-refractivity contribution in [2.75, 3.05) is 20.3 Å². The number of benzene rings is 1. The van der Waals surface area contributed by atoms with Gasteiger partial charge in [0, 0.05) is 20.3 Å². The van der Waals surface area contributed by atoms with E-state index in [2.05, 4.69) is 4.72 Å². The van der Waals surface area contributed by atoms with Gasteiger partial charge in [0.05, 0.1) is 9.79 Å². The van der Waals surface area contributed by atoms with Crippen LogP contribution in [0.15, 0.2) is 34.1 Å². The van der Waals surface area contributed by atoms with Crippen LogP contribution in [0.4, 0.5) is 3.89 Å². The predicted molar refractivity (Wildman–Crippen MR) is 71.0 cm³/mol. The van der Waals surface area contributed by atoms with Crippen LogP contribution in [0.25, 0.3) is 0 Å². The molecule has 0 aliphatic carbocycles. The molecule has 0 fully saturated rings. The van der Waals surface area contributed by atoms with Gasteiger partial charge in [0.2, 0.25) is 10.0 Å². The second-order valence-electron chi connectivity index (χ2n) is 4.32. The SMILES string of the molecule is COCC(C)CNS(=O)(=O)c1ccc(S(=O)(=O)F)cc1. The highest BCUT2D eigenvalue weighted by Crippen LogP contribution is 2.16. The third-order valence-electron chi connectivity index (χ3n) is 2.49. The molecule has 1 N–H and O–H groups in total. The first-order valence-corrected chi connectivity index (χ1v) is 8.57. The molecule has 0 heterocycles. The number of methoxy groups -OCH3 is 1. The lowest BCUT2D eigenvalue weighted by Gasteiger charge is -2.12. The van der Waals surface area contributed by atoms with Crippen LogP contribution in [-0.2, 0) is 25.0 Å². The summed E-state index contributed by atoms with van der Waals surface area (Å²) in [7, 11) is -7.07. The highest BCUT2D eigenvalue weighted by molar-refractivity contribution is 7.89. The van der Waals surface area contributed by atoms with Gasteiger partial charge in [-0.05, 0) is 30.2 Å². The van der Waals surface area contributed by atoms with E-state index < -0.39 is 25.1 Å². The molecule has 6 nitrogen and oxygen atoms in total. The van der Waals surface area contributed by atoms with Gasteiger partial charge in [0.25, 0.3) is 0 Å². The van der Waals surface area contributed by atoms with E-state index in [0.717, 1.165) is 24.3 Å². The Bertz CT molecular complexity index is 640. The van der Waals surface area contributed by atoms with Gasteiger partial charge in [-0.2, -0.15) is 8.42 Å². The summed E-state index contributed by atoms with van der Waals surface area (Å²) in [5, 5.41) is 0. The second kappa shape index (κ2) is 6.61. The standard InChI is InChI=1S/C11H16FNO5S2/c1-9(8-18-2)7-13-20(16,17)11-5-3-10(4-6-11)19(12,14)15/h3-6,9,13H,7-8H2,1-2H3. The average Bonchev–Trinajstić information content (AvgIpc) is 2.36. The molecule has 0 spiro atoms. The third kappa shape index (κ3) is 4.82. The Labute approximate surface area is 118 Å². The normalized spacial score (nSPS) is 14.2. The minimum atomic E-state index is -4.83. The Morgan fingerprint density at radius 2 is 1.65 bits per heavy atom. The zero-order valence-electron chi connectivity index (χ0n) is 11.0. The molecule has 0 aliphatic heterocycles. The van der Waals surface area contributed by atoms with E-state index in [1.54, 1.807) is 0 Å². The van der Waals surface area contributed by atoms with Crippen molar-refractivity contribution < 1.29 is 25.5 Å². The van der Waals surface area contributed by atoms with Crippen molar-refractivity contribution in [3.05, 3.63) is 24.3 Å². The molecule has 0 aromatic heterocycles. The Balaban J connectivity index is 2.83. The Hall–Kier alpha value is -1.03. The fourth-order valence-corrected chi connectivity index (χ4v) is 3.09. The average molecular weight is 325 g/mol. The number of halogens is 1. The molecular formula is C11H16FNO5S2. The molecule has 9 heteroatoms. The molecule has 0 bridgehead atoms. The molecule has 1 rings (SSSR count). The summed E-state index contributed by atoms with van der Waals surface area (Å²) in [5.41, 5.74) is 0. The van der Waals surface area contributed by atoms with Crippen LogP contribution >= 0.6 is 0 Å². The Kier molecular flexibility index (Phi) is 5.63. The minimum absolute atomic E-state index is 0.0136. The van der Waals surface area contributed by atoms with Crippen molar-refractivity contribution >= 4 is 20.2 Å². The maximum atomic E-state index is 12.7. The molecule has 0 saturated carbocycles. The summed E-state index contributed by atoms with van der Waals surface area (Å²) in [6.07, 6.45) is 0. The van der Waals surface area contributed by atoms with Crippen LogP contribution in [0.5, 0.6) is 0 Å². The van der Waals surface area contributed by atoms with Crippen molar-refractivity contribution in [3.8, 4) is 0 Å². The molecule has 1 aromatic rings. The molecule has 0 radical (unpaired) electrons. The zero-order chi connectivity index (χ0) is 15.4. The summed E-state index contributed by atoms with van der Waals surface area (Å²) in [6, 6.07) is 3.89. The minimum Gasteiger partial charge on any atom is -0.384 e. The first kappa shape index (κ1) is 17.0. The van der Waals surface area contributed by atoms with Crippen molar-refractivity contribution in [2.24, 2.45) is 5.92 Å². The van der Waals surface area contributed by atoms with Gasteiger partial charge in [-0.1, -0.05) is 6.92 Å². The van der Waals surface area contributed by atoms with Gasteiger partial charge in [-0.15, -0.1) is 3.89 Å². The lowest BCUT2D eigenvalue weighted by Crippen LogP contribution is -2.30. The first-order chi connectivity index (χ1) is 9.16. The van der Waals surface area contributed by atoms with Crippen LogP contribution < -0.4 is 4.72 Å². The molecule has 1 unspecified atom stereocenters. The van der Waals surface area contributed by atoms with Gasteiger partial charge in [-0.3, -0.25) is 0 Å². The van der Waals surface area contributed by atoms with Crippen molar-refractivity contribution in [3.63, 3.8) is 0 Å². The molecule has 20 heavy (non-hydrogen) atoms. The summed E-state index contributed by atoms with van der Waals surface area (Å²) < 4.78 is 65.0. The lowest BCUT2D eigenvalue weighted by atomic mass is 10.2. The molecular weight excluding hydrogens is 309 g/mol. The fraction of sp³-hybridized carbons (Fsp3) is 0.455. The van der Waals surface area contributed by atoms with E-state index in [9.17, 15) is 20.7 Å². The largest absolute Gasteiger partial charge is 0.384 e. The number of ether oxygens (including phenoxy) is 1. The van der Waals surface area contributed by atoms with Crippen LogP contribution in [0.3, 0.4) is 0 Å². The van der Waals surface area contributed by atoms with E-state index in [4.69, 9.17) is 4.74 Å². The van der Waals surface area contributed by atoms with E-state index >= 15 is 0 Å². The van der Waals surface area contributed by atoms with Gasteiger partial charge in [0.15, 0.2) is 0 Å². The summed E-state index contributed by atoms with van der Waals surface area (Å²) >= 11 is 0. The van der Waals surface area contributed by atoms with E-state index in [1.807, 2.05) is 6.92 Å². The third-order valence-corrected chi connectivity index (χ3v) is 4.76. The monoisotopic (exact) mass is 325 g/mol. The van der Waals surface area contributed by atoms with E-state index in [1.165, 1.54) is 7.11 Å². The number of sulfonamides is 1. The maximum Gasteiger partial charge on any atom is 0.332 e. The number of nitrogens with one attached hydrogen (secondary N) is 1. The lowest BCUT2D eigenvalue weighted by molar-refractivity contribution is 0.161. The van der Waals surface area contributed by atoms with E-state index in [0.29, 0.717) is 6.61 Å². The Morgan fingerprint density at radius 3 is 2.10 bits per heavy atom. The van der Waals surface area contributed by atoms with Crippen LogP contribution in [-0.4, -0.2) is 37.1 Å². The summed E-state index contributed by atoms with van der Waals surface area (Å²) in [4.78, 5) is -0.710. The quantitative estimate of drug-likeness (QED) is 0.753. The van der Waals surface area contributed by atoms with Gasteiger partial charge >= 0.3 is 10.2 Å². The topological polar surface area (TPSA) is 89.5 Å². The number of rotatable bonds is 7. The predicted octanol–water partition coefficient (Wildman–Crippen LogP) is 0.906. The molecule has 114 valence electrons. The highest BCUT2D eigenvalue weighted by atomic mass is 32.3. The highest BCUT2D eigenvalue weighted by Gasteiger charge is 2.17. The molecule has 1 aromatic carbocycles. The molecule has 0 amide bonds. The number of hydrogen-bond donors (Lipinski definition) is 1. The van der Waals surface area contributed by atoms with Gasteiger partial charge in [-0.25, -0.2) is 13.1 Å². The second-order valence-corrected chi connectivity index (χ2v) is 7.44. The van der Waals surface area contributed by atoms with Crippen molar-refractivity contribution in [1.82, 2.24) is 4.72 Å². The van der Waals surface area contributed by atoms with Crippen molar-refractivity contribution in [1.29, 1.82) is 0 Å². The molecule has 0 saturated heterocycles. The van der Waals surface area contributed by atoms with E-state index in [-0.39, 0.29) is 17.4 Å².